The lowest BCUT2D eigenvalue weighted by atomic mass is 10.2. The van der Waals surface area contributed by atoms with Crippen molar-refractivity contribution in [3.63, 3.8) is 0 Å². The summed E-state index contributed by atoms with van der Waals surface area (Å²) < 4.78 is 5.47. The molecule has 1 aromatic rings. The third-order valence-electron chi connectivity index (χ3n) is 3.08. The van der Waals surface area contributed by atoms with E-state index in [4.69, 9.17) is 10.5 Å². The molecule has 1 saturated heterocycles. The molecule has 0 spiro atoms. The van der Waals surface area contributed by atoms with E-state index in [-0.39, 0.29) is 0 Å². The van der Waals surface area contributed by atoms with Crippen LogP contribution < -0.4 is 10.6 Å². The molecular formula is C12H20N4O. The number of nitrogens with zero attached hydrogens (tertiary/aromatic N) is 3. The molecule has 1 aliphatic heterocycles. The Bertz CT molecular complexity index is 341. The van der Waals surface area contributed by atoms with Gasteiger partial charge in [0.1, 0.15) is 0 Å². The van der Waals surface area contributed by atoms with E-state index >= 15 is 0 Å². The summed E-state index contributed by atoms with van der Waals surface area (Å²) in [7, 11) is 0. The highest BCUT2D eigenvalue weighted by Crippen LogP contribution is 2.16. The van der Waals surface area contributed by atoms with Crippen LogP contribution in [0.3, 0.4) is 0 Å². The predicted octanol–water partition coefficient (Wildman–Crippen LogP) is 0.593. The van der Waals surface area contributed by atoms with Gasteiger partial charge >= 0.3 is 0 Å². The molecule has 2 N–H and O–H groups in total. The van der Waals surface area contributed by atoms with Crippen LogP contribution in [-0.2, 0) is 11.2 Å². The predicted molar refractivity (Wildman–Crippen MR) is 67.0 cm³/mol. The fraction of sp³-hybridized carbons (Fsp3) is 0.667. The van der Waals surface area contributed by atoms with Crippen molar-refractivity contribution in [3.8, 4) is 0 Å². The molecule has 0 amide bonds. The zero-order valence-electron chi connectivity index (χ0n) is 10.3. The third-order valence-corrected chi connectivity index (χ3v) is 3.08. The molecule has 5 nitrogen and oxygen atoms in total. The molecule has 0 bridgehead atoms. The Labute approximate surface area is 102 Å². The Kier molecular flexibility index (Phi) is 4.28. The van der Waals surface area contributed by atoms with Gasteiger partial charge in [-0.1, -0.05) is 6.92 Å². The van der Waals surface area contributed by atoms with E-state index in [9.17, 15) is 0 Å². The standard InChI is InChI=1S/C12H20N4O/c1-2-11-9-17-6-5-16(11)12-14-7-10(3-4-13)8-15-12/h7-8,11H,2-6,9,13H2,1H3. The summed E-state index contributed by atoms with van der Waals surface area (Å²) in [6.07, 6.45) is 5.63. The Hall–Kier alpha value is -1.20. The minimum atomic E-state index is 0.393. The zero-order valence-corrected chi connectivity index (χ0v) is 10.3. The van der Waals surface area contributed by atoms with E-state index in [1.165, 1.54) is 0 Å². The van der Waals surface area contributed by atoms with Crippen LogP contribution in [0.25, 0.3) is 0 Å². The van der Waals surface area contributed by atoms with Crippen LogP contribution in [0, 0.1) is 0 Å². The molecule has 0 radical (unpaired) electrons. The van der Waals surface area contributed by atoms with E-state index in [0.717, 1.165) is 44.1 Å². The first-order chi connectivity index (χ1) is 8.35. The highest BCUT2D eigenvalue weighted by molar-refractivity contribution is 5.32. The molecule has 1 unspecified atom stereocenters. The number of hydrogen-bond acceptors (Lipinski definition) is 5. The Balaban J connectivity index is 2.09. The molecule has 5 heteroatoms. The molecule has 17 heavy (non-hydrogen) atoms. The van der Waals surface area contributed by atoms with Gasteiger partial charge in [-0.3, -0.25) is 0 Å². The first-order valence-electron chi connectivity index (χ1n) is 6.20. The summed E-state index contributed by atoms with van der Waals surface area (Å²) >= 11 is 0. The highest BCUT2D eigenvalue weighted by Gasteiger charge is 2.23. The topological polar surface area (TPSA) is 64.3 Å². The Morgan fingerprint density at radius 1 is 1.47 bits per heavy atom. The quantitative estimate of drug-likeness (QED) is 0.829. The largest absolute Gasteiger partial charge is 0.377 e. The number of anilines is 1. The van der Waals surface area contributed by atoms with Gasteiger partial charge < -0.3 is 15.4 Å². The maximum atomic E-state index is 5.50. The molecule has 2 rings (SSSR count). The molecule has 1 aromatic heterocycles. The number of aromatic nitrogens is 2. The summed E-state index contributed by atoms with van der Waals surface area (Å²) in [6, 6.07) is 0.393. The summed E-state index contributed by atoms with van der Waals surface area (Å²) in [6.45, 7) is 5.19. The summed E-state index contributed by atoms with van der Waals surface area (Å²) in [5.74, 6) is 0.806. The number of ether oxygens (including phenoxy) is 1. The van der Waals surface area contributed by atoms with E-state index in [2.05, 4.69) is 21.8 Å². The molecule has 2 heterocycles. The van der Waals surface area contributed by atoms with Crippen molar-refractivity contribution in [3.05, 3.63) is 18.0 Å². The summed E-state index contributed by atoms with van der Waals surface area (Å²) in [4.78, 5) is 11.1. The van der Waals surface area contributed by atoms with Crippen LogP contribution in [0.5, 0.6) is 0 Å². The van der Waals surface area contributed by atoms with Crippen molar-refractivity contribution < 1.29 is 4.74 Å². The maximum Gasteiger partial charge on any atom is 0.225 e. The molecule has 1 atom stereocenters. The lowest BCUT2D eigenvalue weighted by Gasteiger charge is -2.35. The average molecular weight is 236 g/mol. The fourth-order valence-electron chi connectivity index (χ4n) is 2.05. The van der Waals surface area contributed by atoms with Crippen LogP contribution in [0.2, 0.25) is 0 Å². The summed E-state index contributed by atoms with van der Waals surface area (Å²) in [5.41, 5.74) is 6.60. The summed E-state index contributed by atoms with van der Waals surface area (Å²) in [5, 5.41) is 0. The molecule has 0 aromatic carbocycles. The van der Waals surface area contributed by atoms with E-state index in [0.29, 0.717) is 12.6 Å². The number of rotatable bonds is 4. The van der Waals surface area contributed by atoms with Crippen LogP contribution in [0.4, 0.5) is 5.95 Å². The van der Waals surface area contributed by atoms with Gasteiger partial charge in [0.2, 0.25) is 5.95 Å². The molecule has 1 fully saturated rings. The first kappa shape index (κ1) is 12.3. The van der Waals surface area contributed by atoms with Gasteiger partial charge in [0.25, 0.3) is 0 Å². The van der Waals surface area contributed by atoms with Gasteiger partial charge in [0.15, 0.2) is 0 Å². The van der Waals surface area contributed by atoms with Crippen molar-refractivity contribution in [1.29, 1.82) is 0 Å². The third kappa shape index (κ3) is 2.92. The van der Waals surface area contributed by atoms with E-state index in [1.807, 2.05) is 12.4 Å². The lowest BCUT2D eigenvalue weighted by molar-refractivity contribution is 0.0921. The normalized spacial score (nSPS) is 20.6. The molecule has 1 aliphatic rings. The molecule has 0 aliphatic carbocycles. The zero-order chi connectivity index (χ0) is 12.1. The second-order valence-corrected chi connectivity index (χ2v) is 4.26. The Morgan fingerprint density at radius 3 is 2.88 bits per heavy atom. The highest BCUT2D eigenvalue weighted by atomic mass is 16.5. The minimum Gasteiger partial charge on any atom is -0.377 e. The van der Waals surface area contributed by atoms with Crippen molar-refractivity contribution in [2.45, 2.75) is 25.8 Å². The van der Waals surface area contributed by atoms with E-state index in [1.54, 1.807) is 0 Å². The minimum absolute atomic E-state index is 0.393. The van der Waals surface area contributed by atoms with Crippen molar-refractivity contribution in [1.82, 2.24) is 9.97 Å². The molecule has 0 saturated carbocycles. The van der Waals surface area contributed by atoms with Gasteiger partial charge in [-0.2, -0.15) is 0 Å². The SMILES string of the molecule is CCC1COCCN1c1ncc(CCN)cn1. The average Bonchev–Trinajstić information content (AvgIpc) is 2.40. The smallest absolute Gasteiger partial charge is 0.225 e. The molecular weight excluding hydrogens is 216 g/mol. The second kappa shape index (κ2) is 5.93. The Morgan fingerprint density at radius 2 is 2.24 bits per heavy atom. The number of hydrogen-bond donors (Lipinski definition) is 1. The van der Waals surface area contributed by atoms with Crippen LogP contribution in [0.1, 0.15) is 18.9 Å². The van der Waals surface area contributed by atoms with Crippen LogP contribution in [0.15, 0.2) is 12.4 Å². The second-order valence-electron chi connectivity index (χ2n) is 4.26. The van der Waals surface area contributed by atoms with E-state index < -0.39 is 0 Å². The van der Waals surface area contributed by atoms with Crippen LogP contribution in [-0.4, -0.2) is 42.3 Å². The number of nitrogens with two attached hydrogens (primary N) is 1. The maximum absolute atomic E-state index is 5.50. The first-order valence-corrected chi connectivity index (χ1v) is 6.20. The van der Waals surface area contributed by atoms with Crippen molar-refractivity contribution in [2.24, 2.45) is 5.73 Å². The van der Waals surface area contributed by atoms with Gasteiger partial charge in [-0.05, 0) is 24.9 Å². The monoisotopic (exact) mass is 236 g/mol. The van der Waals surface area contributed by atoms with Crippen molar-refractivity contribution >= 4 is 5.95 Å². The van der Waals surface area contributed by atoms with Crippen LogP contribution >= 0.6 is 0 Å². The van der Waals surface area contributed by atoms with Gasteiger partial charge in [-0.25, -0.2) is 9.97 Å². The van der Waals surface area contributed by atoms with Crippen molar-refractivity contribution in [2.75, 3.05) is 31.2 Å². The lowest BCUT2D eigenvalue weighted by Crippen LogP contribution is -2.46. The fourth-order valence-corrected chi connectivity index (χ4v) is 2.05. The molecule has 94 valence electrons. The van der Waals surface area contributed by atoms with Gasteiger partial charge in [-0.15, -0.1) is 0 Å². The van der Waals surface area contributed by atoms with Gasteiger partial charge in [0.05, 0.1) is 19.3 Å². The van der Waals surface area contributed by atoms with Gasteiger partial charge in [0, 0.05) is 18.9 Å². The number of morpholine rings is 1.